The first-order valence-corrected chi connectivity index (χ1v) is 15.9. The number of H-pyrrole nitrogens is 1. The Hall–Kier alpha value is -4.92. The number of aromatic amines is 1. The van der Waals surface area contributed by atoms with Crippen LogP contribution < -0.4 is 16.4 Å². The maximum absolute atomic E-state index is 11.6. The van der Waals surface area contributed by atoms with Crippen molar-refractivity contribution in [1.82, 2.24) is 34.7 Å². The van der Waals surface area contributed by atoms with E-state index >= 15 is 0 Å². The molecule has 6 N–H and O–H groups in total. The summed E-state index contributed by atoms with van der Waals surface area (Å²) in [6.07, 6.45) is 0.972. The number of aliphatic hydroxyl groups excluding tert-OH is 1. The Morgan fingerprint density at radius 1 is 1.06 bits per heavy atom. The van der Waals surface area contributed by atoms with E-state index in [1.807, 2.05) is 36.4 Å². The molecule has 4 atom stereocenters. The maximum atomic E-state index is 11.6. The van der Waals surface area contributed by atoms with Gasteiger partial charge in [-0.3, -0.25) is 14.5 Å². The standard InChI is InChI=1S/C33H38N10O4/c1-19-37-30(42-41-19)27-26(45)28(46-18-44)32(47-27)43-17-36-25-29(39-33(40-31(25)43)38-23-14-12-22(34)13-15-23)35-16-24(20-8-4-2-5-9-20)21-10-6-3-7-11-21/h2-11,17-18,22-24,26-28,32,45H,12-16,34H2,1H3,(H,37,41,42)(H2,35,38,39,40)/t22?,23?,26-,27+,28-,32-/m1/s1. The van der Waals surface area contributed by atoms with Crippen molar-refractivity contribution in [2.75, 3.05) is 17.2 Å². The van der Waals surface area contributed by atoms with Gasteiger partial charge in [-0.15, -0.1) is 0 Å². The molecule has 1 saturated carbocycles. The minimum absolute atomic E-state index is 0.0324. The van der Waals surface area contributed by atoms with Crippen LogP contribution in [0, 0.1) is 6.92 Å². The summed E-state index contributed by atoms with van der Waals surface area (Å²) < 4.78 is 13.3. The van der Waals surface area contributed by atoms with Crippen LogP contribution in [-0.2, 0) is 14.3 Å². The second-order valence-electron chi connectivity index (χ2n) is 12.1. The van der Waals surface area contributed by atoms with E-state index < -0.39 is 24.5 Å². The Kier molecular flexibility index (Phi) is 8.78. The van der Waals surface area contributed by atoms with Crippen molar-refractivity contribution in [3.63, 3.8) is 0 Å². The minimum Gasteiger partial charge on any atom is -0.457 e. The summed E-state index contributed by atoms with van der Waals surface area (Å²) in [6.45, 7) is 2.58. The van der Waals surface area contributed by atoms with Gasteiger partial charge < -0.3 is 30.9 Å². The smallest absolute Gasteiger partial charge is 0.293 e. The van der Waals surface area contributed by atoms with Crippen LogP contribution in [0.15, 0.2) is 67.0 Å². The number of imidazole rings is 1. The monoisotopic (exact) mass is 638 g/mol. The third-order valence-electron chi connectivity index (χ3n) is 8.97. The number of carbonyl (C=O) groups excluding carboxylic acids is 1. The Morgan fingerprint density at radius 2 is 1.77 bits per heavy atom. The zero-order valence-corrected chi connectivity index (χ0v) is 25.9. The molecule has 2 aromatic carbocycles. The number of nitrogens with one attached hydrogen (secondary N) is 3. The zero-order chi connectivity index (χ0) is 32.3. The molecule has 0 unspecified atom stereocenters. The number of aryl methyl sites for hydroxylation is 1. The lowest BCUT2D eigenvalue weighted by Crippen LogP contribution is -2.33. The van der Waals surface area contributed by atoms with Gasteiger partial charge in [0.2, 0.25) is 5.95 Å². The van der Waals surface area contributed by atoms with E-state index in [2.05, 4.69) is 50.1 Å². The number of anilines is 2. The predicted molar refractivity (Wildman–Crippen MR) is 173 cm³/mol. The second-order valence-corrected chi connectivity index (χ2v) is 12.1. The molecule has 0 amide bonds. The Morgan fingerprint density at radius 3 is 2.40 bits per heavy atom. The number of fused-ring (bicyclic) bond motifs is 1. The van der Waals surface area contributed by atoms with E-state index in [0.29, 0.717) is 41.8 Å². The number of hydrogen-bond acceptors (Lipinski definition) is 12. The van der Waals surface area contributed by atoms with Crippen molar-refractivity contribution in [2.24, 2.45) is 5.73 Å². The quantitative estimate of drug-likeness (QED) is 0.133. The molecule has 0 bridgehead atoms. The van der Waals surface area contributed by atoms with Crippen LogP contribution in [0.4, 0.5) is 11.8 Å². The highest BCUT2D eigenvalue weighted by Gasteiger charge is 2.49. The summed E-state index contributed by atoms with van der Waals surface area (Å²) in [6, 6.07) is 21.0. The van der Waals surface area contributed by atoms with Gasteiger partial charge in [0.15, 0.2) is 41.2 Å². The molecule has 5 aromatic rings. The van der Waals surface area contributed by atoms with E-state index in [1.54, 1.807) is 17.8 Å². The van der Waals surface area contributed by atoms with E-state index in [0.717, 1.165) is 36.8 Å². The number of ether oxygens (including phenoxy) is 2. The molecule has 1 saturated heterocycles. The van der Waals surface area contributed by atoms with Gasteiger partial charge >= 0.3 is 0 Å². The molecule has 14 heteroatoms. The third kappa shape index (κ3) is 6.39. The van der Waals surface area contributed by atoms with Gasteiger partial charge in [0.05, 0.1) is 6.33 Å². The molecule has 7 rings (SSSR count). The molecule has 2 aliphatic rings. The van der Waals surface area contributed by atoms with Gasteiger partial charge in [0, 0.05) is 24.5 Å². The number of carbonyl (C=O) groups is 1. The third-order valence-corrected chi connectivity index (χ3v) is 8.97. The predicted octanol–water partition coefficient (Wildman–Crippen LogP) is 3.35. The first-order valence-electron chi connectivity index (χ1n) is 15.9. The van der Waals surface area contributed by atoms with E-state index in [1.165, 1.54) is 0 Å². The first kappa shape index (κ1) is 30.7. The minimum atomic E-state index is -1.24. The summed E-state index contributed by atoms with van der Waals surface area (Å²) in [7, 11) is 0. The molecular formula is C33H38N10O4. The maximum Gasteiger partial charge on any atom is 0.293 e. The number of nitrogens with two attached hydrogens (primary N) is 1. The van der Waals surface area contributed by atoms with Crippen molar-refractivity contribution in [1.29, 1.82) is 0 Å². The highest BCUT2D eigenvalue weighted by molar-refractivity contribution is 5.84. The molecule has 4 heterocycles. The fourth-order valence-electron chi connectivity index (χ4n) is 6.52. The highest BCUT2D eigenvalue weighted by atomic mass is 16.6. The molecule has 0 spiro atoms. The molecule has 0 radical (unpaired) electrons. The Bertz CT molecular complexity index is 1750. The van der Waals surface area contributed by atoms with Crippen LogP contribution in [-0.4, -0.2) is 77.1 Å². The van der Waals surface area contributed by atoms with Gasteiger partial charge in [-0.1, -0.05) is 60.7 Å². The molecule has 244 valence electrons. The second kappa shape index (κ2) is 13.4. The average Bonchev–Trinajstić information content (AvgIpc) is 3.80. The lowest BCUT2D eigenvalue weighted by molar-refractivity contribution is -0.142. The molecule has 14 nitrogen and oxygen atoms in total. The van der Waals surface area contributed by atoms with Gasteiger partial charge in [-0.05, 0) is 43.7 Å². The van der Waals surface area contributed by atoms with Crippen molar-refractivity contribution in [3.05, 3.63) is 89.8 Å². The van der Waals surface area contributed by atoms with Crippen LogP contribution in [0.3, 0.4) is 0 Å². The number of aliphatic hydroxyl groups is 1. The zero-order valence-electron chi connectivity index (χ0n) is 25.9. The fourth-order valence-corrected chi connectivity index (χ4v) is 6.52. The highest BCUT2D eigenvalue weighted by Crippen LogP contribution is 2.41. The Balaban J connectivity index is 1.25. The van der Waals surface area contributed by atoms with E-state index in [9.17, 15) is 9.90 Å². The fraction of sp³-hybridized carbons (Fsp3) is 0.394. The van der Waals surface area contributed by atoms with Crippen LogP contribution in [0.1, 0.15) is 66.7 Å². The van der Waals surface area contributed by atoms with Crippen LogP contribution in [0.5, 0.6) is 0 Å². The molecule has 1 aliphatic heterocycles. The summed E-state index contributed by atoms with van der Waals surface area (Å²) >= 11 is 0. The lowest BCUT2D eigenvalue weighted by Gasteiger charge is -2.27. The van der Waals surface area contributed by atoms with Crippen molar-refractivity contribution in [3.8, 4) is 0 Å². The van der Waals surface area contributed by atoms with Gasteiger partial charge in [0.25, 0.3) is 6.47 Å². The van der Waals surface area contributed by atoms with Crippen LogP contribution >= 0.6 is 0 Å². The summed E-state index contributed by atoms with van der Waals surface area (Å²) in [4.78, 5) is 30.4. The average molecular weight is 639 g/mol. The molecular weight excluding hydrogens is 600 g/mol. The van der Waals surface area contributed by atoms with E-state index in [4.69, 9.17) is 30.2 Å². The molecule has 2 fully saturated rings. The largest absolute Gasteiger partial charge is 0.457 e. The van der Waals surface area contributed by atoms with Crippen molar-refractivity contribution >= 4 is 29.4 Å². The molecule has 47 heavy (non-hydrogen) atoms. The van der Waals surface area contributed by atoms with Gasteiger partial charge in [-0.25, -0.2) is 9.97 Å². The number of rotatable bonds is 11. The van der Waals surface area contributed by atoms with Gasteiger partial charge in [-0.2, -0.15) is 15.1 Å². The Labute approximate surface area is 271 Å². The lowest BCUT2D eigenvalue weighted by atomic mass is 9.91. The van der Waals surface area contributed by atoms with Crippen molar-refractivity contribution in [2.45, 2.75) is 75.1 Å². The summed E-state index contributed by atoms with van der Waals surface area (Å²) in [5, 5.41) is 25.2. The number of hydrogen-bond donors (Lipinski definition) is 5. The van der Waals surface area contributed by atoms with Crippen molar-refractivity contribution < 1.29 is 19.4 Å². The van der Waals surface area contributed by atoms with Gasteiger partial charge in [0.1, 0.15) is 11.9 Å². The SMILES string of the molecule is Cc1nc([C@H]2O[C@@H](n3cnc4c(NCC(c5ccccc5)c5ccccc5)nc(NC5CCC(N)CC5)nc43)[C@H](OC=O)[C@@H]2O)n[nH]1. The first-order chi connectivity index (χ1) is 23.0. The molecule has 1 aliphatic carbocycles. The number of nitrogens with zero attached hydrogens (tertiary/aromatic N) is 6. The van der Waals surface area contributed by atoms with E-state index in [-0.39, 0.29) is 23.8 Å². The number of benzene rings is 2. The summed E-state index contributed by atoms with van der Waals surface area (Å²) in [5.74, 6) is 1.81. The number of aromatic nitrogens is 7. The summed E-state index contributed by atoms with van der Waals surface area (Å²) in [5.41, 5.74) is 9.44. The van der Waals surface area contributed by atoms with Crippen LogP contribution in [0.2, 0.25) is 0 Å². The van der Waals surface area contributed by atoms with Crippen LogP contribution in [0.25, 0.3) is 11.2 Å². The molecule has 3 aromatic heterocycles. The topological polar surface area (TPSA) is 191 Å². The normalized spacial score (nSPS) is 24.4.